The van der Waals surface area contributed by atoms with E-state index in [-0.39, 0.29) is 47.9 Å². The van der Waals surface area contributed by atoms with Crippen LogP contribution < -0.4 is 9.80 Å². The fourth-order valence-electron chi connectivity index (χ4n) is 11.7. The maximum Gasteiger partial charge on any atom is 0.335 e. The molecule has 2 heterocycles. The SMILES string of the molecule is [C-]#[N+]c1ccc([C@@]2(C(C)C)C[C@]23C(=O)N(Cc2cccc(C(=O)O)c2)c2ccc(F)cc23)cc1.[C-]#[N+]c1ccc([C@]2(C(C)C)C[C@@]23C(=O)N(Cc2cccc(C(=O)O)c2)c2ccc(F)cc23)cc1. The minimum atomic E-state index is -1.03. The molecule has 10 rings (SSSR count). The predicted octanol–water partition coefficient (Wildman–Crippen LogP) is 11.7. The Morgan fingerprint density at radius 1 is 0.574 bits per heavy atom. The highest BCUT2D eigenvalue weighted by molar-refractivity contribution is 6.13. The molecule has 0 bridgehead atoms. The molecule has 6 aromatic rings. The van der Waals surface area contributed by atoms with Gasteiger partial charge in [-0.15, -0.1) is 0 Å². The highest BCUT2D eigenvalue weighted by Crippen LogP contribution is 2.74. The van der Waals surface area contributed by atoms with Crippen LogP contribution in [0.3, 0.4) is 0 Å². The van der Waals surface area contributed by atoms with E-state index >= 15 is 0 Å². The van der Waals surface area contributed by atoms with E-state index < -0.39 is 45.2 Å². The van der Waals surface area contributed by atoms with Crippen molar-refractivity contribution in [1.29, 1.82) is 0 Å². The largest absolute Gasteiger partial charge is 0.478 e. The Morgan fingerprint density at radius 2 is 0.941 bits per heavy atom. The standard InChI is InChI=1S/2C28H23FN2O3/c2*1-17(2)27(20-7-10-22(30-3)11-8-20)16-28(27)23-14-21(29)9-12-24(23)31(26(28)34)15-18-5-4-6-19(13-18)25(32)33/h2*4-14,17H,15-16H2,1-2H3,(H,32,33)/t2*27-,28-/m10/s1. The summed E-state index contributed by atoms with van der Waals surface area (Å²) in [6.45, 7) is 23.2. The molecule has 0 saturated heterocycles. The fourth-order valence-corrected chi connectivity index (χ4v) is 11.7. The van der Waals surface area contributed by atoms with Crippen LogP contribution in [0.2, 0.25) is 0 Å². The van der Waals surface area contributed by atoms with E-state index in [9.17, 15) is 38.2 Å². The number of carbonyl (C=O) groups excluding carboxylic acids is 2. The van der Waals surface area contributed by atoms with Crippen molar-refractivity contribution in [2.24, 2.45) is 11.8 Å². The lowest BCUT2D eigenvalue weighted by atomic mass is 9.75. The molecule has 2 saturated carbocycles. The van der Waals surface area contributed by atoms with Crippen LogP contribution in [0, 0.1) is 36.6 Å². The highest BCUT2D eigenvalue weighted by atomic mass is 19.1. The summed E-state index contributed by atoms with van der Waals surface area (Å²) in [6.07, 6.45) is 1.10. The first-order valence-electron chi connectivity index (χ1n) is 22.3. The lowest BCUT2D eigenvalue weighted by Crippen LogP contribution is -2.38. The Balaban J connectivity index is 0.000000170. The lowest BCUT2D eigenvalue weighted by Gasteiger charge is -2.27. The second kappa shape index (κ2) is 16.4. The number of fused-ring (bicyclic) bond motifs is 4. The summed E-state index contributed by atoms with van der Waals surface area (Å²) in [5.41, 5.74) is 4.51. The molecule has 2 fully saturated rings. The zero-order valence-electron chi connectivity index (χ0n) is 37.8. The molecule has 12 heteroatoms. The molecule has 6 aromatic carbocycles. The van der Waals surface area contributed by atoms with Gasteiger partial charge in [-0.3, -0.25) is 9.59 Å². The van der Waals surface area contributed by atoms with Crippen molar-refractivity contribution in [3.05, 3.63) is 212 Å². The monoisotopic (exact) mass is 908 g/mol. The van der Waals surface area contributed by atoms with Gasteiger partial charge in [0.15, 0.2) is 11.4 Å². The Hall–Kier alpha value is -7.96. The number of hydrogen-bond donors (Lipinski definition) is 2. The van der Waals surface area contributed by atoms with Gasteiger partial charge < -0.3 is 20.0 Å². The van der Waals surface area contributed by atoms with E-state index in [1.807, 2.05) is 24.3 Å². The second-order valence-electron chi connectivity index (χ2n) is 18.9. The van der Waals surface area contributed by atoms with Gasteiger partial charge in [-0.2, -0.15) is 0 Å². The second-order valence-corrected chi connectivity index (χ2v) is 18.9. The number of rotatable bonds is 10. The molecule has 4 atom stereocenters. The number of anilines is 2. The van der Waals surface area contributed by atoms with Crippen molar-refractivity contribution in [2.75, 3.05) is 9.80 Å². The molecule has 10 nitrogen and oxygen atoms in total. The number of carboxylic acids is 2. The third-order valence-electron chi connectivity index (χ3n) is 15.0. The van der Waals surface area contributed by atoms with Gasteiger partial charge in [0.2, 0.25) is 11.8 Å². The average molecular weight is 909 g/mol. The van der Waals surface area contributed by atoms with E-state index in [0.29, 0.717) is 57.8 Å². The molecule has 2 aliphatic heterocycles. The molecule has 4 aliphatic rings. The summed E-state index contributed by atoms with van der Waals surface area (Å²) >= 11 is 0. The van der Waals surface area contributed by atoms with Crippen molar-refractivity contribution in [3.8, 4) is 0 Å². The Labute approximate surface area is 392 Å². The number of carboxylic acid groups (broad SMARTS) is 2. The molecule has 2 amide bonds. The zero-order valence-corrected chi connectivity index (χ0v) is 37.8. The van der Waals surface area contributed by atoms with Crippen LogP contribution in [-0.2, 0) is 44.3 Å². The minimum Gasteiger partial charge on any atom is -0.478 e. The summed E-state index contributed by atoms with van der Waals surface area (Å²) < 4.78 is 29.0. The summed E-state index contributed by atoms with van der Waals surface area (Å²) in [7, 11) is 0. The van der Waals surface area contributed by atoms with Gasteiger partial charge in [0.1, 0.15) is 11.6 Å². The molecule has 340 valence electrons. The van der Waals surface area contributed by atoms with Crippen LogP contribution >= 0.6 is 0 Å². The first-order valence-corrected chi connectivity index (χ1v) is 22.3. The molecule has 0 aromatic heterocycles. The first-order chi connectivity index (χ1) is 32.5. The molecule has 68 heavy (non-hydrogen) atoms. The van der Waals surface area contributed by atoms with Crippen molar-refractivity contribution >= 4 is 46.5 Å². The summed E-state index contributed by atoms with van der Waals surface area (Å²) in [6, 6.07) is 36.7. The van der Waals surface area contributed by atoms with Crippen LogP contribution in [0.5, 0.6) is 0 Å². The number of benzene rings is 6. The van der Waals surface area contributed by atoms with Crippen LogP contribution in [0.1, 0.15) is 94.6 Å². The number of carbonyl (C=O) groups is 4. The Morgan fingerprint density at radius 3 is 1.26 bits per heavy atom. The topological polar surface area (TPSA) is 124 Å². The Kier molecular flexibility index (Phi) is 10.9. The fraction of sp³-hybridized carbons (Fsp3) is 0.250. The molecule has 0 radical (unpaired) electrons. The van der Waals surface area contributed by atoms with Gasteiger partial charge in [-0.05, 0) is 119 Å². The van der Waals surface area contributed by atoms with E-state index in [1.54, 1.807) is 82.6 Å². The summed E-state index contributed by atoms with van der Waals surface area (Å²) in [5.74, 6) is -2.88. The molecular weight excluding hydrogens is 863 g/mol. The maximum atomic E-state index is 14.5. The van der Waals surface area contributed by atoms with E-state index in [4.69, 9.17) is 13.1 Å². The van der Waals surface area contributed by atoms with Crippen LogP contribution in [0.4, 0.5) is 31.5 Å². The third kappa shape index (κ3) is 6.69. The summed E-state index contributed by atoms with van der Waals surface area (Å²) in [5, 5.41) is 18.7. The molecule has 2 spiro atoms. The van der Waals surface area contributed by atoms with Crippen LogP contribution in [0.15, 0.2) is 133 Å². The van der Waals surface area contributed by atoms with Crippen molar-refractivity contribution in [2.45, 2.75) is 75.3 Å². The lowest BCUT2D eigenvalue weighted by molar-refractivity contribution is -0.121. The smallest absolute Gasteiger partial charge is 0.335 e. The van der Waals surface area contributed by atoms with Gasteiger partial charge in [0, 0.05) is 22.2 Å². The van der Waals surface area contributed by atoms with Gasteiger partial charge in [0.25, 0.3) is 0 Å². The normalized spacial score (nSPS) is 22.7. The maximum absolute atomic E-state index is 14.5. The van der Waals surface area contributed by atoms with E-state index in [1.165, 1.54) is 36.4 Å². The van der Waals surface area contributed by atoms with Crippen molar-refractivity contribution < 1.29 is 38.2 Å². The highest BCUT2D eigenvalue weighted by Gasteiger charge is 2.79. The molecule has 2 aliphatic carbocycles. The van der Waals surface area contributed by atoms with Crippen LogP contribution in [-0.4, -0.2) is 34.0 Å². The molecule has 0 unspecified atom stereocenters. The van der Waals surface area contributed by atoms with Gasteiger partial charge in [-0.25, -0.2) is 28.1 Å². The van der Waals surface area contributed by atoms with E-state index in [2.05, 4.69) is 37.4 Å². The number of halogens is 2. The van der Waals surface area contributed by atoms with Gasteiger partial charge in [-0.1, -0.05) is 100 Å². The van der Waals surface area contributed by atoms with Gasteiger partial charge in [0.05, 0.1) is 48.2 Å². The number of hydrogen-bond acceptors (Lipinski definition) is 4. The van der Waals surface area contributed by atoms with E-state index in [0.717, 1.165) is 11.1 Å². The average Bonchev–Trinajstić information content (AvgIpc) is 4.21. The minimum absolute atomic E-state index is 0.0849. The molecular formula is C56H46F2N4O6. The number of aromatic carboxylic acids is 2. The van der Waals surface area contributed by atoms with Gasteiger partial charge >= 0.3 is 11.9 Å². The predicted molar refractivity (Wildman–Crippen MR) is 253 cm³/mol. The Bertz CT molecular complexity index is 2960. The first kappa shape index (κ1) is 45.2. The number of amides is 2. The quantitative estimate of drug-likeness (QED) is 0.132. The number of nitrogens with zero attached hydrogens (tertiary/aromatic N) is 4. The van der Waals surface area contributed by atoms with Crippen molar-refractivity contribution in [3.63, 3.8) is 0 Å². The third-order valence-corrected chi connectivity index (χ3v) is 15.0. The zero-order chi connectivity index (χ0) is 48.5. The van der Waals surface area contributed by atoms with Crippen molar-refractivity contribution in [1.82, 2.24) is 0 Å². The van der Waals surface area contributed by atoms with Crippen LogP contribution in [0.25, 0.3) is 9.69 Å². The summed E-state index contributed by atoms with van der Waals surface area (Å²) in [4.78, 5) is 61.4. The molecule has 2 N–H and O–H groups in total.